The molecule has 0 aromatic heterocycles. The van der Waals surface area contributed by atoms with Crippen LogP contribution >= 0.6 is 0 Å². The van der Waals surface area contributed by atoms with Gasteiger partial charge in [-0.05, 0) is 49.4 Å². The van der Waals surface area contributed by atoms with Crippen molar-refractivity contribution in [1.82, 2.24) is 0 Å². The molecule has 3 rings (SSSR count). The first-order valence-electron chi connectivity index (χ1n) is 9.34. The van der Waals surface area contributed by atoms with Crippen LogP contribution in [0.4, 0.5) is 17.1 Å². The Morgan fingerprint density at radius 3 is 2.24 bits per heavy atom. The van der Waals surface area contributed by atoms with E-state index in [0.717, 1.165) is 24.5 Å². The number of rotatable bonds is 7. The highest BCUT2D eigenvalue weighted by atomic mass is 32.2. The van der Waals surface area contributed by atoms with E-state index in [0.29, 0.717) is 18.8 Å². The lowest BCUT2D eigenvalue weighted by atomic mass is 10.1. The van der Waals surface area contributed by atoms with Gasteiger partial charge in [-0.3, -0.25) is 4.72 Å². The van der Waals surface area contributed by atoms with E-state index in [1.165, 1.54) is 13.0 Å². The Labute approximate surface area is 170 Å². The van der Waals surface area contributed by atoms with Gasteiger partial charge in [0.05, 0.1) is 24.1 Å². The van der Waals surface area contributed by atoms with E-state index in [4.69, 9.17) is 4.74 Å². The smallest absolute Gasteiger partial charge is 0.337 e. The summed E-state index contributed by atoms with van der Waals surface area (Å²) in [4.78, 5) is 16.0. The minimum Gasteiger partial charge on any atom is -0.497 e. The third kappa shape index (κ3) is 4.92. The molecule has 1 saturated heterocycles. The summed E-state index contributed by atoms with van der Waals surface area (Å²) < 4.78 is 31.1. The van der Waals surface area contributed by atoms with E-state index in [9.17, 15) is 18.3 Å². The lowest BCUT2D eigenvalue weighted by molar-refractivity contribution is 0.0697. The van der Waals surface area contributed by atoms with Crippen molar-refractivity contribution < 1.29 is 23.1 Å². The minimum atomic E-state index is -3.47. The molecule has 1 aliphatic heterocycles. The lowest BCUT2D eigenvalue weighted by Gasteiger charge is -2.38. The summed E-state index contributed by atoms with van der Waals surface area (Å²) >= 11 is 0. The number of carbonyl (C=O) groups is 1. The molecule has 8 nitrogen and oxygen atoms in total. The Balaban J connectivity index is 1.74. The number of piperazine rings is 1. The first-order chi connectivity index (χ1) is 13.8. The molecule has 0 aliphatic carbocycles. The second-order valence-electron chi connectivity index (χ2n) is 6.71. The van der Waals surface area contributed by atoms with Crippen molar-refractivity contribution in [3.05, 3.63) is 48.0 Å². The van der Waals surface area contributed by atoms with Gasteiger partial charge in [0.1, 0.15) is 5.75 Å². The molecule has 1 aliphatic rings. The molecule has 156 valence electrons. The summed E-state index contributed by atoms with van der Waals surface area (Å²) in [5, 5.41) is 9.63. The van der Waals surface area contributed by atoms with Crippen molar-refractivity contribution in [2.24, 2.45) is 0 Å². The number of carboxylic acid groups (broad SMARTS) is 1. The highest BCUT2D eigenvalue weighted by molar-refractivity contribution is 7.92. The molecule has 0 radical (unpaired) electrons. The van der Waals surface area contributed by atoms with Crippen LogP contribution < -0.4 is 19.3 Å². The molecule has 0 atom stereocenters. The number of aromatic carboxylic acids is 1. The predicted molar refractivity (Wildman–Crippen MR) is 114 cm³/mol. The average molecular weight is 420 g/mol. The minimum absolute atomic E-state index is 0.0789. The van der Waals surface area contributed by atoms with Gasteiger partial charge in [-0.1, -0.05) is 0 Å². The van der Waals surface area contributed by atoms with Crippen LogP contribution in [0, 0.1) is 0 Å². The van der Waals surface area contributed by atoms with Gasteiger partial charge >= 0.3 is 5.97 Å². The summed E-state index contributed by atoms with van der Waals surface area (Å²) in [5.41, 5.74) is 2.02. The monoisotopic (exact) mass is 419 g/mol. The average Bonchev–Trinajstić information content (AvgIpc) is 2.73. The van der Waals surface area contributed by atoms with Crippen LogP contribution in [0.1, 0.15) is 17.3 Å². The lowest BCUT2D eigenvalue weighted by Crippen LogP contribution is -2.47. The molecule has 0 bridgehead atoms. The molecule has 1 heterocycles. The van der Waals surface area contributed by atoms with E-state index in [2.05, 4.69) is 9.62 Å². The van der Waals surface area contributed by atoms with Gasteiger partial charge in [0.15, 0.2) is 0 Å². The van der Waals surface area contributed by atoms with Crippen LogP contribution in [0.5, 0.6) is 5.75 Å². The summed E-state index contributed by atoms with van der Waals surface area (Å²) in [6, 6.07) is 12.5. The SMILES string of the molecule is CCS(=O)(=O)Nc1ccc(N2CCN(c3ccc(OC)cc3)CC2)c(C(=O)O)c1. The second-order valence-corrected chi connectivity index (χ2v) is 8.73. The molecule has 9 heteroatoms. The third-order valence-electron chi connectivity index (χ3n) is 4.94. The number of carboxylic acids is 1. The van der Waals surface area contributed by atoms with Crippen LogP contribution in [0.25, 0.3) is 0 Å². The van der Waals surface area contributed by atoms with Crippen LogP contribution in [0.3, 0.4) is 0 Å². The number of sulfonamides is 1. The fraction of sp³-hybridized carbons (Fsp3) is 0.350. The molecule has 29 heavy (non-hydrogen) atoms. The molecule has 1 fully saturated rings. The number of hydrogen-bond donors (Lipinski definition) is 2. The number of ether oxygens (including phenoxy) is 1. The molecule has 0 unspecified atom stereocenters. The van der Waals surface area contributed by atoms with Crippen molar-refractivity contribution in [2.75, 3.05) is 53.6 Å². The Hall–Kier alpha value is -2.94. The van der Waals surface area contributed by atoms with Crippen molar-refractivity contribution >= 4 is 33.1 Å². The van der Waals surface area contributed by atoms with E-state index >= 15 is 0 Å². The number of nitrogens with zero attached hydrogens (tertiary/aromatic N) is 2. The number of anilines is 3. The Kier molecular flexibility index (Phi) is 6.17. The number of hydrogen-bond acceptors (Lipinski definition) is 6. The van der Waals surface area contributed by atoms with Crippen LogP contribution in [0.2, 0.25) is 0 Å². The largest absolute Gasteiger partial charge is 0.497 e. The Morgan fingerprint density at radius 1 is 1.07 bits per heavy atom. The molecular formula is C20H25N3O5S. The van der Waals surface area contributed by atoms with Gasteiger partial charge in [0, 0.05) is 37.6 Å². The summed E-state index contributed by atoms with van der Waals surface area (Å²) in [6.07, 6.45) is 0. The molecule has 0 saturated carbocycles. The highest BCUT2D eigenvalue weighted by Gasteiger charge is 2.22. The maximum Gasteiger partial charge on any atom is 0.337 e. The number of nitrogens with one attached hydrogen (secondary N) is 1. The third-order valence-corrected chi connectivity index (χ3v) is 6.25. The number of methoxy groups -OCH3 is 1. The van der Waals surface area contributed by atoms with Crippen molar-refractivity contribution in [2.45, 2.75) is 6.92 Å². The van der Waals surface area contributed by atoms with Gasteiger partial charge in [-0.25, -0.2) is 13.2 Å². The topological polar surface area (TPSA) is 99.2 Å². The summed E-state index contributed by atoms with van der Waals surface area (Å²) in [7, 11) is -1.84. The zero-order valence-corrected chi connectivity index (χ0v) is 17.3. The standard InChI is InChI=1S/C20H25N3O5S/c1-3-29(26,27)21-15-4-9-19(18(14-15)20(24)25)23-12-10-22(11-13-23)16-5-7-17(28-2)8-6-16/h4-9,14,21H,3,10-13H2,1-2H3,(H,24,25). The first kappa shape index (κ1) is 20.8. The molecule has 2 aromatic carbocycles. The Bertz CT molecular complexity index is 968. The molecule has 0 spiro atoms. The van der Waals surface area contributed by atoms with E-state index in [1.54, 1.807) is 19.2 Å². The summed E-state index contributed by atoms with van der Waals surface area (Å²) in [6.45, 7) is 4.33. The van der Waals surface area contributed by atoms with Crippen molar-refractivity contribution in [3.8, 4) is 5.75 Å². The predicted octanol–water partition coefficient (Wildman–Crippen LogP) is 2.48. The van der Waals surface area contributed by atoms with Gasteiger partial charge in [-0.15, -0.1) is 0 Å². The molecule has 2 aromatic rings. The first-order valence-corrected chi connectivity index (χ1v) is 11.0. The van der Waals surface area contributed by atoms with Gasteiger partial charge < -0.3 is 19.6 Å². The zero-order chi connectivity index (χ0) is 21.0. The van der Waals surface area contributed by atoms with Crippen molar-refractivity contribution in [1.29, 1.82) is 0 Å². The maximum atomic E-state index is 11.8. The van der Waals surface area contributed by atoms with E-state index in [-0.39, 0.29) is 17.0 Å². The Morgan fingerprint density at radius 2 is 1.69 bits per heavy atom. The van der Waals surface area contributed by atoms with Gasteiger partial charge in [0.2, 0.25) is 10.0 Å². The second kappa shape index (κ2) is 8.60. The summed E-state index contributed by atoms with van der Waals surface area (Å²) in [5.74, 6) is -0.364. The molecular weight excluding hydrogens is 394 g/mol. The normalized spacial score (nSPS) is 14.6. The van der Waals surface area contributed by atoms with Crippen LogP contribution in [0.15, 0.2) is 42.5 Å². The molecule has 2 N–H and O–H groups in total. The van der Waals surface area contributed by atoms with E-state index < -0.39 is 16.0 Å². The van der Waals surface area contributed by atoms with Crippen LogP contribution in [-0.4, -0.2) is 58.5 Å². The highest BCUT2D eigenvalue weighted by Crippen LogP contribution is 2.28. The molecule has 0 amide bonds. The number of benzene rings is 2. The quantitative estimate of drug-likeness (QED) is 0.711. The van der Waals surface area contributed by atoms with Crippen LogP contribution in [-0.2, 0) is 10.0 Å². The van der Waals surface area contributed by atoms with Crippen molar-refractivity contribution in [3.63, 3.8) is 0 Å². The fourth-order valence-corrected chi connectivity index (χ4v) is 3.93. The zero-order valence-electron chi connectivity index (χ0n) is 16.5. The fourth-order valence-electron chi connectivity index (χ4n) is 3.30. The van der Waals surface area contributed by atoms with Gasteiger partial charge in [0.25, 0.3) is 0 Å². The maximum absolute atomic E-state index is 11.8. The van der Waals surface area contributed by atoms with E-state index in [1.807, 2.05) is 29.2 Å². The van der Waals surface area contributed by atoms with Gasteiger partial charge in [-0.2, -0.15) is 0 Å².